The molecule has 0 saturated carbocycles. The minimum Gasteiger partial charge on any atom is -0.490 e. The smallest absolute Gasteiger partial charge is 0.338 e. The van der Waals surface area contributed by atoms with Crippen LogP contribution in [-0.4, -0.2) is 19.2 Å². The van der Waals surface area contributed by atoms with Crippen molar-refractivity contribution in [3.05, 3.63) is 65.5 Å². The molecule has 2 aromatic rings. The lowest BCUT2D eigenvalue weighted by Crippen LogP contribution is -2.12. The maximum atomic E-state index is 12.7. The predicted molar refractivity (Wildman–Crippen MR) is 73.4 cm³/mol. The summed E-state index contributed by atoms with van der Waals surface area (Å²) in [7, 11) is 0. The topological polar surface area (TPSA) is 35.5 Å². The number of hydrogen-bond acceptors (Lipinski definition) is 3. The summed E-state index contributed by atoms with van der Waals surface area (Å²) in [6.07, 6.45) is 0. The number of hydrogen-bond donors (Lipinski definition) is 0. The van der Waals surface area contributed by atoms with E-state index < -0.39 is 0 Å². The minimum absolute atomic E-state index is 0.143. The molecular formula is C16H15FO3. The van der Waals surface area contributed by atoms with Crippen LogP contribution in [0.5, 0.6) is 5.75 Å². The zero-order chi connectivity index (χ0) is 14.4. The third kappa shape index (κ3) is 4.09. The fraction of sp³-hybridized carbons (Fsp3) is 0.188. The molecule has 0 spiro atoms. The number of aryl methyl sites for hydroxylation is 1. The summed E-state index contributed by atoms with van der Waals surface area (Å²) in [4.78, 5) is 11.7. The Balaban J connectivity index is 1.74. The molecule has 3 nitrogen and oxygen atoms in total. The molecule has 104 valence electrons. The summed E-state index contributed by atoms with van der Waals surface area (Å²) in [5.41, 5.74) is 1.60. The van der Waals surface area contributed by atoms with Crippen molar-refractivity contribution in [2.24, 2.45) is 0 Å². The Labute approximate surface area is 117 Å². The first-order chi connectivity index (χ1) is 9.65. The van der Waals surface area contributed by atoms with E-state index >= 15 is 0 Å². The Morgan fingerprint density at radius 3 is 2.30 bits per heavy atom. The van der Waals surface area contributed by atoms with E-state index in [1.54, 1.807) is 12.1 Å². The molecule has 2 aromatic carbocycles. The van der Waals surface area contributed by atoms with Gasteiger partial charge in [-0.15, -0.1) is 0 Å². The highest BCUT2D eigenvalue weighted by Crippen LogP contribution is 2.11. The zero-order valence-corrected chi connectivity index (χ0v) is 11.1. The number of esters is 1. The van der Waals surface area contributed by atoms with E-state index in [9.17, 15) is 9.18 Å². The van der Waals surface area contributed by atoms with E-state index in [0.717, 1.165) is 5.56 Å². The number of carbonyl (C=O) groups excluding carboxylic acids is 1. The van der Waals surface area contributed by atoms with E-state index in [0.29, 0.717) is 11.3 Å². The maximum absolute atomic E-state index is 12.7. The molecule has 0 radical (unpaired) electrons. The fourth-order valence-corrected chi connectivity index (χ4v) is 1.60. The number of rotatable bonds is 5. The number of carbonyl (C=O) groups is 1. The predicted octanol–water partition coefficient (Wildman–Crippen LogP) is 3.37. The van der Waals surface area contributed by atoms with Crippen molar-refractivity contribution in [1.82, 2.24) is 0 Å². The first kappa shape index (κ1) is 14.1. The second kappa shape index (κ2) is 6.70. The fourth-order valence-electron chi connectivity index (χ4n) is 1.60. The molecule has 0 aliphatic carbocycles. The Morgan fingerprint density at radius 2 is 1.65 bits per heavy atom. The van der Waals surface area contributed by atoms with Gasteiger partial charge in [-0.2, -0.15) is 0 Å². The standard InChI is InChI=1S/C16H15FO3/c1-12-2-4-13(5-3-12)16(18)20-11-10-19-15-8-6-14(17)7-9-15/h2-9H,10-11H2,1H3. The summed E-state index contributed by atoms with van der Waals surface area (Å²) in [6, 6.07) is 12.8. The highest BCUT2D eigenvalue weighted by molar-refractivity contribution is 5.89. The van der Waals surface area contributed by atoms with E-state index in [1.807, 2.05) is 19.1 Å². The Kier molecular flexibility index (Phi) is 4.71. The lowest BCUT2D eigenvalue weighted by molar-refractivity contribution is 0.0450. The van der Waals surface area contributed by atoms with Gasteiger partial charge in [-0.05, 0) is 43.3 Å². The van der Waals surface area contributed by atoms with Crippen LogP contribution in [-0.2, 0) is 4.74 Å². The first-order valence-corrected chi connectivity index (χ1v) is 6.27. The van der Waals surface area contributed by atoms with Crippen LogP contribution in [0.15, 0.2) is 48.5 Å². The van der Waals surface area contributed by atoms with Gasteiger partial charge in [-0.3, -0.25) is 0 Å². The van der Waals surface area contributed by atoms with Gasteiger partial charge < -0.3 is 9.47 Å². The number of halogens is 1. The van der Waals surface area contributed by atoms with Gasteiger partial charge >= 0.3 is 5.97 Å². The van der Waals surface area contributed by atoms with Gasteiger partial charge in [0.15, 0.2) is 0 Å². The van der Waals surface area contributed by atoms with Gasteiger partial charge in [0, 0.05) is 0 Å². The molecule has 0 saturated heterocycles. The maximum Gasteiger partial charge on any atom is 0.338 e. The Morgan fingerprint density at radius 1 is 1.00 bits per heavy atom. The van der Waals surface area contributed by atoms with E-state index in [1.165, 1.54) is 24.3 Å². The van der Waals surface area contributed by atoms with Gasteiger partial charge in [0.1, 0.15) is 24.8 Å². The second-order valence-corrected chi connectivity index (χ2v) is 4.30. The minimum atomic E-state index is -0.382. The number of ether oxygens (including phenoxy) is 2. The van der Waals surface area contributed by atoms with Gasteiger partial charge in [0.05, 0.1) is 5.56 Å². The number of benzene rings is 2. The molecule has 0 aromatic heterocycles. The van der Waals surface area contributed by atoms with Crippen LogP contribution >= 0.6 is 0 Å². The van der Waals surface area contributed by atoms with E-state index in [4.69, 9.17) is 9.47 Å². The molecule has 2 rings (SSSR count). The summed E-state index contributed by atoms with van der Waals surface area (Å²) in [6.45, 7) is 2.32. The molecule has 0 amide bonds. The van der Waals surface area contributed by atoms with Crippen molar-refractivity contribution >= 4 is 5.97 Å². The molecular weight excluding hydrogens is 259 g/mol. The van der Waals surface area contributed by atoms with Gasteiger partial charge in [0.25, 0.3) is 0 Å². The summed E-state index contributed by atoms with van der Waals surface area (Å²) < 4.78 is 23.1. The van der Waals surface area contributed by atoms with Crippen molar-refractivity contribution in [1.29, 1.82) is 0 Å². The molecule has 0 atom stereocenters. The summed E-state index contributed by atoms with van der Waals surface area (Å²) in [5.74, 6) is -0.159. The van der Waals surface area contributed by atoms with Crippen LogP contribution in [0, 0.1) is 12.7 Å². The molecule has 0 N–H and O–H groups in total. The Bertz CT molecular complexity index is 561. The molecule has 0 fully saturated rings. The van der Waals surface area contributed by atoms with Crippen molar-refractivity contribution in [3.8, 4) is 5.75 Å². The molecule has 4 heteroatoms. The quantitative estimate of drug-likeness (QED) is 0.619. The largest absolute Gasteiger partial charge is 0.490 e. The lowest BCUT2D eigenvalue weighted by atomic mass is 10.1. The Hall–Kier alpha value is -2.36. The first-order valence-electron chi connectivity index (χ1n) is 6.27. The SMILES string of the molecule is Cc1ccc(C(=O)OCCOc2ccc(F)cc2)cc1. The zero-order valence-electron chi connectivity index (χ0n) is 11.1. The highest BCUT2D eigenvalue weighted by Gasteiger charge is 2.06. The summed E-state index contributed by atoms with van der Waals surface area (Å²) >= 11 is 0. The molecule has 0 heterocycles. The molecule has 0 bridgehead atoms. The third-order valence-corrected chi connectivity index (χ3v) is 2.69. The van der Waals surface area contributed by atoms with Crippen LogP contribution in [0.25, 0.3) is 0 Å². The summed E-state index contributed by atoms with van der Waals surface area (Å²) in [5, 5.41) is 0. The second-order valence-electron chi connectivity index (χ2n) is 4.30. The van der Waals surface area contributed by atoms with Crippen LogP contribution in [0.4, 0.5) is 4.39 Å². The van der Waals surface area contributed by atoms with Crippen LogP contribution in [0.2, 0.25) is 0 Å². The third-order valence-electron chi connectivity index (χ3n) is 2.69. The molecule has 0 aliphatic rings. The van der Waals surface area contributed by atoms with E-state index in [-0.39, 0.29) is 25.0 Å². The van der Waals surface area contributed by atoms with Crippen LogP contribution in [0.3, 0.4) is 0 Å². The van der Waals surface area contributed by atoms with Crippen molar-refractivity contribution in [2.45, 2.75) is 6.92 Å². The van der Waals surface area contributed by atoms with Crippen molar-refractivity contribution in [3.63, 3.8) is 0 Å². The average molecular weight is 274 g/mol. The monoisotopic (exact) mass is 274 g/mol. The van der Waals surface area contributed by atoms with Gasteiger partial charge in [-0.25, -0.2) is 9.18 Å². The van der Waals surface area contributed by atoms with Crippen LogP contribution in [0.1, 0.15) is 15.9 Å². The van der Waals surface area contributed by atoms with E-state index in [2.05, 4.69) is 0 Å². The normalized spacial score (nSPS) is 10.1. The highest BCUT2D eigenvalue weighted by atomic mass is 19.1. The van der Waals surface area contributed by atoms with Crippen LogP contribution < -0.4 is 4.74 Å². The average Bonchev–Trinajstić information content (AvgIpc) is 2.46. The van der Waals surface area contributed by atoms with Crippen molar-refractivity contribution < 1.29 is 18.7 Å². The lowest BCUT2D eigenvalue weighted by Gasteiger charge is -2.07. The van der Waals surface area contributed by atoms with Crippen molar-refractivity contribution in [2.75, 3.05) is 13.2 Å². The molecule has 0 aliphatic heterocycles. The van der Waals surface area contributed by atoms with Gasteiger partial charge in [0.2, 0.25) is 0 Å². The van der Waals surface area contributed by atoms with Gasteiger partial charge in [-0.1, -0.05) is 17.7 Å². The molecule has 0 unspecified atom stereocenters. The molecule has 20 heavy (non-hydrogen) atoms.